The van der Waals surface area contributed by atoms with Crippen LogP contribution in [0.4, 0.5) is 0 Å². The summed E-state index contributed by atoms with van der Waals surface area (Å²) in [6.07, 6.45) is 1.05. The van der Waals surface area contributed by atoms with E-state index in [4.69, 9.17) is 5.73 Å². The van der Waals surface area contributed by atoms with Crippen molar-refractivity contribution in [1.29, 1.82) is 0 Å². The highest BCUT2D eigenvalue weighted by Gasteiger charge is 2.33. The zero-order chi connectivity index (χ0) is 10.1. The molecular weight excluding hydrogens is 218 g/mol. The number of halogens is 1. The summed E-state index contributed by atoms with van der Waals surface area (Å²) in [5.74, 6) is 0.0921. The number of aliphatic hydroxyl groups excluding tert-OH is 1. The molecule has 3 atom stereocenters. The Morgan fingerprint density at radius 2 is 2.27 bits per heavy atom. The summed E-state index contributed by atoms with van der Waals surface area (Å²) in [5, 5.41) is 12.3. The number of likely N-dealkylation sites (tertiary alicyclic amines) is 1. The lowest BCUT2D eigenvalue weighted by molar-refractivity contribution is -0.132. The molecule has 0 aromatic carbocycles. The molecule has 2 heterocycles. The third kappa shape index (κ3) is 2.81. The molecule has 2 fully saturated rings. The van der Waals surface area contributed by atoms with E-state index in [0.29, 0.717) is 19.5 Å². The quantitative estimate of drug-likeness (QED) is 0.528. The van der Waals surface area contributed by atoms with Crippen LogP contribution in [-0.2, 0) is 4.79 Å². The molecule has 0 spiro atoms. The van der Waals surface area contributed by atoms with Crippen LogP contribution in [0.1, 0.15) is 12.8 Å². The third-order valence-corrected chi connectivity index (χ3v) is 2.94. The van der Waals surface area contributed by atoms with Gasteiger partial charge in [0.2, 0.25) is 5.91 Å². The zero-order valence-electron chi connectivity index (χ0n) is 8.56. The molecule has 0 bridgehead atoms. The Labute approximate surface area is 95.4 Å². The maximum Gasteiger partial charge on any atom is 0.239 e. The Hall–Kier alpha value is -0.360. The fourth-order valence-corrected chi connectivity index (χ4v) is 2.11. The van der Waals surface area contributed by atoms with Gasteiger partial charge in [0.05, 0.1) is 12.1 Å². The van der Waals surface area contributed by atoms with E-state index in [1.807, 2.05) is 0 Å². The van der Waals surface area contributed by atoms with Crippen molar-refractivity contribution in [3.63, 3.8) is 0 Å². The van der Waals surface area contributed by atoms with E-state index in [1.165, 1.54) is 0 Å². The number of rotatable bonds is 1. The Bertz CT molecular complexity index is 217. The second kappa shape index (κ2) is 5.12. The number of amides is 1. The molecule has 0 aromatic heterocycles. The Kier molecular flexibility index (Phi) is 4.33. The molecule has 0 aromatic rings. The molecule has 5 nitrogen and oxygen atoms in total. The highest BCUT2D eigenvalue weighted by molar-refractivity contribution is 5.85. The topological polar surface area (TPSA) is 78.6 Å². The van der Waals surface area contributed by atoms with Gasteiger partial charge in [-0.3, -0.25) is 4.79 Å². The lowest BCUT2D eigenvalue weighted by Crippen LogP contribution is -2.43. The largest absolute Gasteiger partial charge is 0.392 e. The van der Waals surface area contributed by atoms with Crippen LogP contribution in [0.3, 0.4) is 0 Å². The predicted octanol–water partition coefficient (Wildman–Crippen LogP) is -1.31. The van der Waals surface area contributed by atoms with Crippen LogP contribution in [0.2, 0.25) is 0 Å². The van der Waals surface area contributed by atoms with Gasteiger partial charge in [0.1, 0.15) is 0 Å². The number of carbonyl (C=O) groups excluding carboxylic acids is 1. The maximum absolute atomic E-state index is 11.8. The molecule has 2 aliphatic rings. The molecule has 1 amide bonds. The number of nitrogens with zero attached hydrogens (tertiary/aromatic N) is 1. The van der Waals surface area contributed by atoms with Crippen molar-refractivity contribution in [2.24, 2.45) is 5.73 Å². The fourth-order valence-electron chi connectivity index (χ4n) is 2.11. The van der Waals surface area contributed by atoms with Gasteiger partial charge in [0.15, 0.2) is 0 Å². The molecule has 88 valence electrons. The summed E-state index contributed by atoms with van der Waals surface area (Å²) in [7, 11) is 0. The molecule has 4 N–H and O–H groups in total. The molecule has 2 saturated heterocycles. The third-order valence-electron chi connectivity index (χ3n) is 2.94. The average Bonchev–Trinajstić information content (AvgIpc) is 2.73. The Balaban J connectivity index is 0.00000112. The number of aliphatic hydroxyl groups is 1. The minimum absolute atomic E-state index is 0. The molecule has 0 radical (unpaired) electrons. The van der Waals surface area contributed by atoms with Gasteiger partial charge < -0.3 is 21.1 Å². The number of hydrogen-bond donors (Lipinski definition) is 3. The van der Waals surface area contributed by atoms with E-state index in [0.717, 1.165) is 13.0 Å². The van der Waals surface area contributed by atoms with Crippen LogP contribution in [0, 0.1) is 0 Å². The first kappa shape index (κ1) is 12.7. The number of nitrogens with one attached hydrogen (secondary N) is 1. The lowest BCUT2D eigenvalue weighted by atomic mass is 10.2. The van der Waals surface area contributed by atoms with Gasteiger partial charge in [-0.1, -0.05) is 0 Å². The van der Waals surface area contributed by atoms with Crippen molar-refractivity contribution in [3.05, 3.63) is 0 Å². The van der Waals surface area contributed by atoms with Crippen LogP contribution in [0.5, 0.6) is 0 Å². The van der Waals surface area contributed by atoms with Crippen LogP contribution in [-0.4, -0.2) is 53.7 Å². The molecule has 0 saturated carbocycles. The van der Waals surface area contributed by atoms with Crippen molar-refractivity contribution in [2.45, 2.75) is 31.0 Å². The SMILES string of the molecule is Cl.NC1CCN(C(=O)[C@H]2C[C@H](O)CN2)C1. The summed E-state index contributed by atoms with van der Waals surface area (Å²) in [6.45, 7) is 1.94. The van der Waals surface area contributed by atoms with Gasteiger partial charge in [0, 0.05) is 25.7 Å². The van der Waals surface area contributed by atoms with E-state index < -0.39 is 0 Å². The molecular formula is C9H18ClN3O2. The first-order valence-corrected chi connectivity index (χ1v) is 5.12. The number of β-amino-alcohol motifs (C(OH)–C–C–N with tert-alkyl or cyclic N) is 1. The van der Waals surface area contributed by atoms with Gasteiger partial charge in [-0.2, -0.15) is 0 Å². The summed E-state index contributed by atoms with van der Waals surface area (Å²) in [6, 6.07) is -0.0689. The summed E-state index contributed by atoms with van der Waals surface area (Å²) >= 11 is 0. The van der Waals surface area contributed by atoms with Crippen molar-refractivity contribution in [3.8, 4) is 0 Å². The van der Waals surface area contributed by atoms with Gasteiger partial charge in [0.25, 0.3) is 0 Å². The number of nitrogens with two attached hydrogens (primary N) is 1. The number of carbonyl (C=O) groups is 1. The van der Waals surface area contributed by atoms with Crippen molar-refractivity contribution in [2.75, 3.05) is 19.6 Å². The standard InChI is InChI=1S/C9H17N3O2.ClH/c10-6-1-2-12(5-6)9(14)8-3-7(13)4-11-8;/h6-8,11,13H,1-5,10H2;1H/t6?,7-,8+;/m0./s1. The average molecular weight is 236 g/mol. The van der Waals surface area contributed by atoms with Gasteiger partial charge in [-0.15, -0.1) is 12.4 Å². The Morgan fingerprint density at radius 1 is 1.53 bits per heavy atom. The van der Waals surface area contributed by atoms with E-state index in [1.54, 1.807) is 4.90 Å². The maximum atomic E-state index is 11.8. The van der Waals surface area contributed by atoms with E-state index >= 15 is 0 Å². The highest BCUT2D eigenvalue weighted by Crippen LogP contribution is 2.13. The highest BCUT2D eigenvalue weighted by atomic mass is 35.5. The van der Waals surface area contributed by atoms with Crippen LogP contribution in [0.25, 0.3) is 0 Å². The lowest BCUT2D eigenvalue weighted by Gasteiger charge is -2.19. The smallest absolute Gasteiger partial charge is 0.239 e. The van der Waals surface area contributed by atoms with Crippen LogP contribution >= 0.6 is 12.4 Å². The van der Waals surface area contributed by atoms with E-state index in [9.17, 15) is 9.90 Å². The minimum Gasteiger partial charge on any atom is -0.392 e. The second-order valence-corrected chi connectivity index (χ2v) is 4.18. The molecule has 6 heteroatoms. The normalized spacial score (nSPS) is 35.3. The molecule has 0 aliphatic carbocycles. The van der Waals surface area contributed by atoms with E-state index in [2.05, 4.69) is 5.32 Å². The van der Waals surface area contributed by atoms with Crippen LogP contribution < -0.4 is 11.1 Å². The summed E-state index contributed by atoms with van der Waals surface area (Å²) in [4.78, 5) is 13.6. The number of hydrogen-bond acceptors (Lipinski definition) is 4. The van der Waals surface area contributed by atoms with Gasteiger partial charge >= 0.3 is 0 Å². The molecule has 2 aliphatic heterocycles. The summed E-state index contributed by atoms with van der Waals surface area (Å²) in [5.41, 5.74) is 5.73. The van der Waals surface area contributed by atoms with Crippen molar-refractivity contribution in [1.82, 2.24) is 10.2 Å². The summed E-state index contributed by atoms with van der Waals surface area (Å²) < 4.78 is 0. The fraction of sp³-hybridized carbons (Fsp3) is 0.889. The molecule has 2 rings (SSSR count). The monoisotopic (exact) mass is 235 g/mol. The first-order chi connectivity index (χ1) is 6.66. The van der Waals surface area contributed by atoms with Gasteiger partial charge in [-0.25, -0.2) is 0 Å². The Morgan fingerprint density at radius 3 is 2.73 bits per heavy atom. The first-order valence-electron chi connectivity index (χ1n) is 5.12. The minimum atomic E-state index is -0.375. The van der Waals surface area contributed by atoms with Crippen LogP contribution in [0.15, 0.2) is 0 Å². The molecule has 15 heavy (non-hydrogen) atoms. The van der Waals surface area contributed by atoms with Crippen molar-refractivity contribution < 1.29 is 9.90 Å². The van der Waals surface area contributed by atoms with Crippen molar-refractivity contribution >= 4 is 18.3 Å². The van der Waals surface area contributed by atoms with Gasteiger partial charge in [-0.05, 0) is 12.8 Å². The second-order valence-electron chi connectivity index (χ2n) is 4.18. The van der Waals surface area contributed by atoms with E-state index in [-0.39, 0.29) is 36.5 Å². The zero-order valence-corrected chi connectivity index (χ0v) is 9.37. The molecule has 1 unspecified atom stereocenters. The predicted molar refractivity (Wildman–Crippen MR) is 58.8 cm³/mol.